The lowest BCUT2D eigenvalue weighted by Crippen LogP contribution is -2.21. The van der Waals surface area contributed by atoms with E-state index in [2.05, 4.69) is 5.10 Å². The van der Waals surface area contributed by atoms with Crippen molar-refractivity contribution in [1.82, 2.24) is 9.78 Å². The second-order valence-electron chi connectivity index (χ2n) is 6.86. The molecule has 3 rings (SSSR count). The molecule has 3 aromatic rings. The Morgan fingerprint density at radius 2 is 1.70 bits per heavy atom. The van der Waals surface area contributed by atoms with Gasteiger partial charge in [-0.25, -0.2) is 4.68 Å². The molecule has 2 aromatic carbocycles. The Morgan fingerprint density at radius 3 is 2.23 bits per heavy atom. The average Bonchev–Trinajstić information content (AvgIpc) is 3.03. The fraction of sp³-hybridized carbons (Fsp3) is 0.273. The molecule has 5 nitrogen and oxygen atoms in total. The van der Waals surface area contributed by atoms with Gasteiger partial charge in [0.2, 0.25) is 0 Å². The van der Waals surface area contributed by atoms with Gasteiger partial charge in [0.25, 0.3) is 0 Å². The average molecular weight is 418 g/mol. The van der Waals surface area contributed by atoms with Crippen LogP contribution in [-0.4, -0.2) is 28.8 Å². The zero-order valence-corrected chi connectivity index (χ0v) is 16.8. The summed E-state index contributed by atoms with van der Waals surface area (Å²) in [6.45, 7) is 1.77. The molecule has 0 spiro atoms. The molecule has 0 amide bonds. The number of aromatic nitrogens is 2. The van der Waals surface area contributed by atoms with Crippen LogP contribution in [0.2, 0.25) is 0 Å². The summed E-state index contributed by atoms with van der Waals surface area (Å²) >= 11 is 0. The van der Waals surface area contributed by atoms with Gasteiger partial charge in [-0.1, -0.05) is 42.0 Å². The maximum Gasteiger partial charge on any atom is 0.408 e. The number of halogens is 3. The number of nitrogens with zero attached hydrogens (tertiary/aromatic N) is 2. The van der Waals surface area contributed by atoms with Gasteiger partial charge in [-0.15, -0.1) is 0 Å². The quantitative estimate of drug-likeness (QED) is 0.494. The molecule has 0 aliphatic heterocycles. The van der Waals surface area contributed by atoms with Crippen molar-refractivity contribution in [1.29, 1.82) is 0 Å². The van der Waals surface area contributed by atoms with E-state index in [1.54, 1.807) is 43.5 Å². The Bertz CT molecular complexity index is 1020. The summed E-state index contributed by atoms with van der Waals surface area (Å²) in [4.78, 5) is 12.2. The molecule has 30 heavy (non-hydrogen) atoms. The van der Waals surface area contributed by atoms with E-state index in [0.717, 1.165) is 11.1 Å². The van der Waals surface area contributed by atoms with Crippen LogP contribution in [0.25, 0.3) is 11.3 Å². The highest BCUT2D eigenvalue weighted by molar-refractivity contribution is 5.97. The third-order valence-electron chi connectivity index (χ3n) is 4.44. The van der Waals surface area contributed by atoms with E-state index < -0.39 is 18.5 Å². The van der Waals surface area contributed by atoms with Crippen molar-refractivity contribution < 1.29 is 27.4 Å². The topological polar surface area (TPSA) is 53.4 Å². The Kier molecular flexibility index (Phi) is 6.14. The highest BCUT2D eigenvalue weighted by Crippen LogP contribution is 2.35. The normalized spacial score (nSPS) is 11.4. The molecule has 0 saturated carbocycles. The number of carbonyl (C=O) groups excluding carboxylic acids is 1. The SMILES string of the molecule is COc1ccc(COc2c(-c3ccc(C)cc3)nn(CC(F)(F)F)c2C(C)=O)cc1. The first-order valence-electron chi connectivity index (χ1n) is 9.19. The standard InChI is InChI=1S/C22H21F3N2O3/c1-14-4-8-17(9-5-14)19-21(30-12-16-6-10-18(29-3)11-7-16)20(15(2)28)27(26-19)13-22(23,24)25/h4-11H,12-13H2,1-3H3. The van der Waals surface area contributed by atoms with E-state index in [1.807, 2.05) is 19.1 Å². The number of hydrogen-bond donors (Lipinski definition) is 0. The number of Topliss-reactive ketones (excluding diaryl/α,β-unsaturated/α-hetero) is 1. The first-order valence-corrected chi connectivity index (χ1v) is 9.19. The van der Waals surface area contributed by atoms with Gasteiger partial charge in [-0.3, -0.25) is 4.79 Å². The molecule has 0 unspecified atom stereocenters. The Morgan fingerprint density at radius 1 is 1.07 bits per heavy atom. The van der Waals surface area contributed by atoms with Gasteiger partial charge in [0.05, 0.1) is 7.11 Å². The van der Waals surface area contributed by atoms with Gasteiger partial charge in [0.1, 0.15) is 30.3 Å². The molecule has 158 valence electrons. The van der Waals surface area contributed by atoms with E-state index in [4.69, 9.17) is 9.47 Å². The number of ketones is 1. The highest BCUT2D eigenvalue weighted by atomic mass is 19.4. The molecular formula is C22H21F3N2O3. The van der Waals surface area contributed by atoms with Crippen LogP contribution in [0.15, 0.2) is 48.5 Å². The Balaban J connectivity index is 2.04. The lowest BCUT2D eigenvalue weighted by atomic mass is 10.1. The monoisotopic (exact) mass is 418 g/mol. The van der Waals surface area contributed by atoms with Crippen LogP contribution in [0.5, 0.6) is 11.5 Å². The number of carbonyl (C=O) groups is 1. The maximum absolute atomic E-state index is 13.1. The summed E-state index contributed by atoms with van der Waals surface area (Å²) in [5, 5.41) is 4.09. The third-order valence-corrected chi connectivity index (χ3v) is 4.44. The van der Waals surface area contributed by atoms with Gasteiger partial charge in [0.15, 0.2) is 11.5 Å². The van der Waals surface area contributed by atoms with Crippen molar-refractivity contribution in [2.75, 3.05) is 7.11 Å². The van der Waals surface area contributed by atoms with Crippen molar-refractivity contribution in [2.24, 2.45) is 0 Å². The van der Waals surface area contributed by atoms with Crippen molar-refractivity contribution in [3.05, 3.63) is 65.4 Å². The van der Waals surface area contributed by atoms with E-state index in [-0.39, 0.29) is 23.7 Å². The molecule has 1 heterocycles. The number of methoxy groups -OCH3 is 1. The summed E-state index contributed by atoms with van der Waals surface area (Å²) < 4.78 is 50.9. The molecule has 0 bridgehead atoms. The van der Waals surface area contributed by atoms with Crippen LogP contribution in [0, 0.1) is 6.92 Å². The summed E-state index contributed by atoms with van der Waals surface area (Å²) in [6, 6.07) is 14.2. The fourth-order valence-corrected chi connectivity index (χ4v) is 2.99. The Labute approximate surface area is 172 Å². The zero-order valence-electron chi connectivity index (χ0n) is 16.8. The number of hydrogen-bond acceptors (Lipinski definition) is 4. The first kappa shape index (κ1) is 21.4. The lowest BCUT2D eigenvalue weighted by molar-refractivity contribution is -0.142. The van der Waals surface area contributed by atoms with Gasteiger partial charge in [0, 0.05) is 12.5 Å². The summed E-state index contributed by atoms with van der Waals surface area (Å²) in [5.41, 5.74) is 2.30. The van der Waals surface area contributed by atoms with Gasteiger partial charge < -0.3 is 9.47 Å². The van der Waals surface area contributed by atoms with E-state index >= 15 is 0 Å². The van der Waals surface area contributed by atoms with Crippen molar-refractivity contribution in [3.63, 3.8) is 0 Å². The minimum Gasteiger partial charge on any atom is -0.497 e. The minimum absolute atomic E-state index is 0.0337. The van der Waals surface area contributed by atoms with Crippen LogP contribution < -0.4 is 9.47 Å². The van der Waals surface area contributed by atoms with E-state index in [0.29, 0.717) is 16.0 Å². The highest BCUT2D eigenvalue weighted by Gasteiger charge is 2.33. The van der Waals surface area contributed by atoms with Crippen molar-refractivity contribution in [3.8, 4) is 22.8 Å². The summed E-state index contributed by atoms with van der Waals surface area (Å²) in [6.07, 6.45) is -4.53. The predicted octanol–water partition coefficient (Wildman–Crippen LogP) is 5.21. The lowest BCUT2D eigenvalue weighted by Gasteiger charge is -2.11. The van der Waals surface area contributed by atoms with Crippen molar-refractivity contribution >= 4 is 5.78 Å². The first-order chi connectivity index (χ1) is 14.2. The molecule has 0 atom stereocenters. The number of rotatable bonds is 7. The molecule has 0 aliphatic rings. The molecule has 0 aliphatic carbocycles. The van der Waals surface area contributed by atoms with Crippen LogP contribution in [-0.2, 0) is 13.2 Å². The zero-order chi connectivity index (χ0) is 21.9. The largest absolute Gasteiger partial charge is 0.497 e. The molecule has 0 N–H and O–H groups in total. The van der Waals surface area contributed by atoms with E-state index in [9.17, 15) is 18.0 Å². The van der Waals surface area contributed by atoms with Crippen LogP contribution >= 0.6 is 0 Å². The maximum atomic E-state index is 13.1. The molecular weight excluding hydrogens is 397 g/mol. The summed E-state index contributed by atoms with van der Waals surface area (Å²) in [5.74, 6) is 0.141. The fourth-order valence-electron chi connectivity index (χ4n) is 2.99. The second kappa shape index (κ2) is 8.61. The summed E-state index contributed by atoms with van der Waals surface area (Å²) in [7, 11) is 1.55. The van der Waals surface area contributed by atoms with Crippen molar-refractivity contribution in [2.45, 2.75) is 33.2 Å². The molecule has 0 radical (unpaired) electrons. The molecule has 1 aromatic heterocycles. The number of alkyl halides is 3. The molecule has 0 fully saturated rings. The van der Waals surface area contributed by atoms with Crippen LogP contribution in [0.4, 0.5) is 13.2 Å². The molecule has 0 saturated heterocycles. The third kappa shape index (κ3) is 5.00. The Hall–Kier alpha value is -3.29. The predicted molar refractivity (Wildman–Crippen MR) is 106 cm³/mol. The van der Waals surface area contributed by atoms with E-state index in [1.165, 1.54) is 6.92 Å². The number of ether oxygens (including phenoxy) is 2. The second-order valence-corrected chi connectivity index (χ2v) is 6.86. The van der Waals surface area contributed by atoms with Crippen LogP contribution in [0.1, 0.15) is 28.5 Å². The molecule has 8 heteroatoms. The number of aryl methyl sites for hydroxylation is 1. The van der Waals surface area contributed by atoms with Gasteiger partial charge >= 0.3 is 6.18 Å². The smallest absolute Gasteiger partial charge is 0.408 e. The van der Waals surface area contributed by atoms with Gasteiger partial charge in [-0.05, 0) is 24.6 Å². The van der Waals surface area contributed by atoms with Crippen LogP contribution in [0.3, 0.4) is 0 Å². The van der Waals surface area contributed by atoms with Gasteiger partial charge in [-0.2, -0.15) is 18.3 Å². The number of benzene rings is 2. The minimum atomic E-state index is -4.53.